The first-order chi connectivity index (χ1) is 9.09. The number of rotatable bonds is 3. The van der Waals surface area contributed by atoms with Crippen LogP contribution in [0.5, 0.6) is 0 Å². The number of nitrogens with zero attached hydrogens (tertiary/aromatic N) is 1. The van der Waals surface area contributed by atoms with Crippen LogP contribution in [0.2, 0.25) is 0 Å². The molecule has 0 saturated carbocycles. The number of aromatic nitrogens is 1. The van der Waals surface area contributed by atoms with Crippen LogP contribution in [0.15, 0.2) is 30.5 Å². The zero-order chi connectivity index (χ0) is 13.8. The molecule has 1 aliphatic rings. The van der Waals surface area contributed by atoms with Crippen LogP contribution >= 0.6 is 0 Å². The SMILES string of the molecule is Cc1cccnc1NC(=O)[C@H]1CC=CC[C@@H]1C(=O)O. The van der Waals surface area contributed by atoms with E-state index in [0.717, 1.165) is 5.56 Å². The fourth-order valence-corrected chi connectivity index (χ4v) is 2.20. The van der Waals surface area contributed by atoms with Gasteiger partial charge in [0.15, 0.2) is 0 Å². The number of carboxylic acids is 1. The third-order valence-electron chi connectivity index (χ3n) is 3.34. The lowest BCUT2D eigenvalue weighted by Crippen LogP contribution is -2.35. The number of aliphatic carboxylic acids is 1. The van der Waals surface area contributed by atoms with Gasteiger partial charge >= 0.3 is 5.97 Å². The van der Waals surface area contributed by atoms with E-state index >= 15 is 0 Å². The Kier molecular flexibility index (Phi) is 3.94. The average Bonchev–Trinajstić information content (AvgIpc) is 2.41. The van der Waals surface area contributed by atoms with Gasteiger partial charge in [0.25, 0.3) is 0 Å². The standard InChI is InChI=1S/C14H16N2O3/c1-9-5-4-8-15-12(9)16-13(17)10-6-2-3-7-11(10)14(18)19/h2-5,8,10-11H,6-7H2,1H3,(H,18,19)(H,15,16,17)/t10-,11-/m0/s1. The largest absolute Gasteiger partial charge is 0.481 e. The predicted octanol–water partition coefficient (Wildman–Crippen LogP) is 2.00. The highest BCUT2D eigenvalue weighted by molar-refractivity contribution is 5.95. The number of allylic oxidation sites excluding steroid dienone is 2. The highest BCUT2D eigenvalue weighted by Crippen LogP contribution is 2.27. The van der Waals surface area contributed by atoms with Crippen molar-refractivity contribution in [3.63, 3.8) is 0 Å². The van der Waals surface area contributed by atoms with Crippen molar-refractivity contribution in [3.05, 3.63) is 36.0 Å². The average molecular weight is 260 g/mol. The number of carboxylic acid groups (broad SMARTS) is 1. The minimum atomic E-state index is -0.928. The van der Waals surface area contributed by atoms with Crippen LogP contribution in [0.1, 0.15) is 18.4 Å². The summed E-state index contributed by atoms with van der Waals surface area (Å²) in [6, 6.07) is 3.63. The molecule has 0 unspecified atom stereocenters. The van der Waals surface area contributed by atoms with E-state index in [4.69, 9.17) is 5.11 Å². The lowest BCUT2D eigenvalue weighted by molar-refractivity contribution is -0.146. The summed E-state index contributed by atoms with van der Waals surface area (Å²) in [6.07, 6.45) is 6.12. The molecule has 100 valence electrons. The fourth-order valence-electron chi connectivity index (χ4n) is 2.20. The monoisotopic (exact) mass is 260 g/mol. The molecule has 1 aromatic heterocycles. The smallest absolute Gasteiger partial charge is 0.307 e. The van der Waals surface area contributed by atoms with Gasteiger partial charge in [0.05, 0.1) is 11.8 Å². The molecule has 5 heteroatoms. The van der Waals surface area contributed by atoms with Crippen molar-refractivity contribution >= 4 is 17.7 Å². The maximum atomic E-state index is 12.2. The van der Waals surface area contributed by atoms with Crippen molar-refractivity contribution in [2.45, 2.75) is 19.8 Å². The highest BCUT2D eigenvalue weighted by Gasteiger charge is 2.34. The molecule has 0 radical (unpaired) electrons. The van der Waals surface area contributed by atoms with E-state index in [2.05, 4.69) is 10.3 Å². The number of aryl methyl sites for hydroxylation is 1. The third-order valence-corrected chi connectivity index (χ3v) is 3.34. The molecule has 1 amide bonds. The first-order valence-corrected chi connectivity index (χ1v) is 6.20. The van der Waals surface area contributed by atoms with Gasteiger partial charge in [-0.1, -0.05) is 18.2 Å². The van der Waals surface area contributed by atoms with Gasteiger partial charge in [-0.3, -0.25) is 9.59 Å². The Labute approximate surface area is 111 Å². The molecular weight excluding hydrogens is 244 g/mol. The van der Waals surface area contributed by atoms with Crippen molar-refractivity contribution < 1.29 is 14.7 Å². The Balaban J connectivity index is 2.13. The number of anilines is 1. The molecule has 0 fully saturated rings. The summed E-state index contributed by atoms with van der Waals surface area (Å²) in [5.41, 5.74) is 0.856. The molecule has 1 heterocycles. The van der Waals surface area contributed by atoms with E-state index in [-0.39, 0.29) is 5.91 Å². The fraction of sp³-hybridized carbons (Fsp3) is 0.357. The quantitative estimate of drug-likeness (QED) is 0.815. The Morgan fingerprint density at radius 3 is 2.63 bits per heavy atom. The Bertz CT molecular complexity index is 525. The minimum Gasteiger partial charge on any atom is -0.481 e. The number of carbonyl (C=O) groups is 2. The predicted molar refractivity (Wildman–Crippen MR) is 70.6 cm³/mol. The zero-order valence-corrected chi connectivity index (χ0v) is 10.7. The van der Waals surface area contributed by atoms with E-state index in [1.54, 1.807) is 12.3 Å². The number of hydrogen-bond donors (Lipinski definition) is 2. The van der Waals surface area contributed by atoms with Crippen LogP contribution in [-0.4, -0.2) is 22.0 Å². The third kappa shape index (κ3) is 2.99. The molecule has 2 rings (SSSR count). The van der Waals surface area contributed by atoms with Crippen molar-refractivity contribution in [1.29, 1.82) is 0 Å². The molecule has 0 saturated heterocycles. The lowest BCUT2D eigenvalue weighted by atomic mass is 9.82. The summed E-state index contributed by atoms with van der Waals surface area (Å²) in [5, 5.41) is 11.9. The van der Waals surface area contributed by atoms with E-state index in [0.29, 0.717) is 18.7 Å². The maximum Gasteiger partial charge on any atom is 0.307 e. The summed E-state index contributed by atoms with van der Waals surface area (Å²) in [6.45, 7) is 1.85. The second-order valence-corrected chi connectivity index (χ2v) is 4.65. The molecule has 5 nitrogen and oxygen atoms in total. The summed E-state index contributed by atoms with van der Waals surface area (Å²) in [4.78, 5) is 27.4. The van der Waals surface area contributed by atoms with Crippen LogP contribution < -0.4 is 5.32 Å². The normalized spacial score (nSPS) is 21.9. The van der Waals surface area contributed by atoms with E-state index in [9.17, 15) is 9.59 Å². The second kappa shape index (κ2) is 5.65. The Morgan fingerprint density at radius 2 is 2.00 bits per heavy atom. The van der Waals surface area contributed by atoms with E-state index in [1.165, 1.54) is 0 Å². The molecule has 2 atom stereocenters. The molecule has 0 aliphatic heterocycles. The molecule has 1 aliphatic carbocycles. The summed E-state index contributed by atoms with van der Waals surface area (Å²) in [7, 11) is 0. The lowest BCUT2D eigenvalue weighted by Gasteiger charge is -2.24. The number of nitrogens with one attached hydrogen (secondary N) is 1. The molecule has 0 aromatic carbocycles. The van der Waals surface area contributed by atoms with E-state index in [1.807, 2.05) is 25.1 Å². The number of pyridine rings is 1. The number of hydrogen-bond acceptors (Lipinski definition) is 3. The van der Waals surface area contributed by atoms with E-state index < -0.39 is 17.8 Å². The van der Waals surface area contributed by atoms with Gasteiger partial charge in [-0.2, -0.15) is 0 Å². The van der Waals surface area contributed by atoms with Crippen molar-refractivity contribution in [3.8, 4) is 0 Å². The number of amides is 1. The second-order valence-electron chi connectivity index (χ2n) is 4.65. The highest BCUT2D eigenvalue weighted by atomic mass is 16.4. The zero-order valence-electron chi connectivity index (χ0n) is 10.7. The topological polar surface area (TPSA) is 79.3 Å². The van der Waals surface area contributed by atoms with Gasteiger partial charge in [0.1, 0.15) is 5.82 Å². The van der Waals surface area contributed by atoms with Gasteiger partial charge < -0.3 is 10.4 Å². The van der Waals surface area contributed by atoms with Crippen LogP contribution in [0.3, 0.4) is 0 Å². The summed E-state index contributed by atoms with van der Waals surface area (Å²) in [5.74, 6) is -1.91. The summed E-state index contributed by atoms with van der Waals surface area (Å²) >= 11 is 0. The van der Waals surface area contributed by atoms with Crippen LogP contribution in [0, 0.1) is 18.8 Å². The maximum absolute atomic E-state index is 12.2. The molecular formula is C14H16N2O3. The van der Waals surface area contributed by atoms with Gasteiger partial charge in [-0.25, -0.2) is 4.98 Å². The van der Waals surface area contributed by atoms with Crippen LogP contribution in [-0.2, 0) is 9.59 Å². The first-order valence-electron chi connectivity index (χ1n) is 6.20. The van der Waals surface area contributed by atoms with Gasteiger partial charge in [-0.05, 0) is 31.4 Å². The first kappa shape index (κ1) is 13.3. The van der Waals surface area contributed by atoms with Crippen molar-refractivity contribution in [2.75, 3.05) is 5.32 Å². The molecule has 0 bridgehead atoms. The van der Waals surface area contributed by atoms with Gasteiger partial charge in [-0.15, -0.1) is 0 Å². The Hall–Kier alpha value is -2.17. The molecule has 1 aromatic rings. The summed E-state index contributed by atoms with van der Waals surface area (Å²) < 4.78 is 0. The number of carbonyl (C=O) groups excluding carboxylic acids is 1. The van der Waals surface area contributed by atoms with Crippen LogP contribution in [0.25, 0.3) is 0 Å². The van der Waals surface area contributed by atoms with Crippen molar-refractivity contribution in [2.24, 2.45) is 11.8 Å². The van der Waals surface area contributed by atoms with Crippen molar-refractivity contribution in [1.82, 2.24) is 4.98 Å². The molecule has 0 spiro atoms. The molecule has 19 heavy (non-hydrogen) atoms. The van der Waals surface area contributed by atoms with Gasteiger partial charge in [0.2, 0.25) is 5.91 Å². The minimum absolute atomic E-state index is 0.279. The Morgan fingerprint density at radius 1 is 1.32 bits per heavy atom. The molecule has 2 N–H and O–H groups in total. The van der Waals surface area contributed by atoms with Gasteiger partial charge in [0, 0.05) is 6.20 Å². The van der Waals surface area contributed by atoms with Crippen LogP contribution in [0.4, 0.5) is 5.82 Å².